The SMILES string of the molecule is CNCc1cn(CC2CCC3(CCCC3)O2)cn1. The van der Waals surface area contributed by atoms with Crippen molar-refractivity contribution in [1.82, 2.24) is 14.9 Å². The molecule has 0 amide bonds. The smallest absolute Gasteiger partial charge is 0.0950 e. The topological polar surface area (TPSA) is 39.1 Å². The van der Waals surface area contributed by atoms with Crippen molar-refractivity contribution in [2.45, 2.75) is 63.3 Å². The Kier molecular flexibility index (Phi) is 3.39. The van der Waals surface area contributed by atoms with Gasteiger partial charge in [0.25, 0.3) is 0 Å². The van der Waals surface area contributed by atoms with E-state index in [9.17, 15) is 0 Å². The van der Waals surface area contributed by atoms with Crippen LogP contribution < -0.4 is 5.32 Å². The van der Waals surface area contributed by atoms with Crippen LogP contribution in [0.2, 0.25) is 0 Å². The predicted octanol–water partition coefficient (Wildman–Crippen LogP) is 2.09. The fraction of sp³-hybridized carbons (Fsp3) is 0.786. The number of hydrogen-bond acceptors (Lipinski definition) is 3. The van der Waals surface area contributed by atoms with Crippen LogP contribution in [0.15, 0.2) is 12.5 Å². The first-order valence-electron chi connectivity index (χ1n) is 7.13. The Morgan fingerprint density at radius 1 is 1.44 bits per heavy atom. The summed E-state index contributed by atoms with van der Waals surface area (Å²) in [5, 5.41) is 3.12. The molecule has 0 aromatic carbocycles. The molecule has 1 aromatic heterocycles. The number of aromatic nitrogens is 2. The van der Waals surface area contributed by atoms with Gasteiger partial charge >= 0.3 is 0 Å². The van der Waals surface area contributed by atoms with Crippen molar-refractivity contribution in [2.24, 2.45) is 0 Å². The van der Waals surface area contributed by atoms with Crippen LogP contribution in [0.3, 0.4) is 0 Å². The molecule has 1 aliphatic carbocycles. The van der Waals surface area contributed by atoms with Crippen LogP contribution >= 0.6 is 0 Å². The minimum Gasteiger partial charge on any atom is -0.370 e. The van der Waals surface area contributed by atoms with Gasteiger partial charge in [-0.3, -0.25) is 0 Å². The zero-order valence-electron chi connectivity index (χ0n) is 11.2. The third-order valence-electron chi connectivity index (χ3n) is 4.31. The van der Waals surface area contributed by atoms with E-state index in [1.54, 1.807) is 0 Å². The maximum Gasteiger partial charge on any atom is 0.0950 e. The molecule has 4 heteroatoms. The highest BCUT2D eigenvalue weighted by atomic mass is 16.5. The van der Waals surface area contributed by atoms with Crippen molar-refractivity contribution in [3.63, 3.8) is 0 Å². The van der Waals surface area contributed by atoms with Gasteiger partial charge in [0.2, 0.25) is 0 Å². The van der Waals surface area contributed by atoms with Crippen LogP contribution in [0.25, 0.3) is 0 Å². The summed E-state index contributed by atoms with van der Waals surface area (Å²) in [5.74, 6) is 0. The normalized spacial score (nSPS) is 26.2. The molecule has 3 rings (SSSR count). The molecule has 2 fully saturated rings. The van der Waals surface area contributed by atoms with Crippen LogP contribution in [-0.4, -0.2) is 28.3 Å². The molecule has 100 valence electrons. The second-order valence-electron chi connectivity index (χ2n) is 5.76. The summed E-state index contributed by atoms with van der Waals surface area (Å²) in [6.07, 6.45) is 12.2. The van der Waals surface area contributed by atoms with E-state index in [0.29, 0.717) is 6.10 Å². The van der Waals surface area contributed by atoms with Crippen LogP contribution in [0.4, 0.5) is 0 Å². The van der Waals surface area contributed by atoms with Crippen LogP contribution in [0, 0.1) is 0 Å². The lowest BCUT2D eigenvalue weighted by Gasteiger charge is -2.23. The van der Waals surface area contributed by atoms with Gasteiger partial charge in [0.15, 0.2) is 0 Å². The second-order valence-corrected chi connectivity index (χ2v) is 5.76. The van der Waals surface area contributed by atoms with Gasteiger partial charge in [-0.05, 0) is 32.7 Å². The fourth-order valence-corrected chi connectivity index (χ4v) is 3.42. The fourth-order valence-electron chi connectivity index (χ4n) is 3.42. The summed E-state index contributed by atoms with van der Waals surface area (Å²) < 4.78 is 8.49. The third-order valence-corrected chi connectivity index (χ3v) is 4.31. The second kappa shape index (κ2) is 5.02. The Hall–Kier alpha value is -0.870. The van der Waals surface area contributed by atoms with Gasteiger partial charge < -0.3 is 14.6 Å². The number of ether oxygens (including phenoxy) is 1. The minimum absolute atomic E-state index is 0.249. The Morgan fingerprint density at radius 2 is 2.28 bits per heavy atom. The van der Waals surface area contributed by atoms with E-state index in [-0.39, 0.29) is 5.60 Å². The molecule has 1 spiro atoms. The number of nitrogens with one attached hydrogen (secondary N) is 1. The molecule has 2 heterocycles. The van der Waals surface area contributed by atoms with E-state index in [1.165, 1.54) is 38.5 Å². The van der Waals surface area contributed by atoms with Gasteiger partial charge in [-0.1, -0.05) is 12.8 Å². The summed E-state index contributed by atoms with van der Waals surface area (Å²) in [7, 11) is 1.95. The lowest BCUT2D eigenvalue weighted by Crippen LogP contribution is -2.26. The first kappa shape index (κ1) is 12.2. The van der Waals surface area contributed by atoms with Crippen LogP contribution in [0.1, 0.15) is 44.2 Å². The van der Waals surface area contributed by atoms with Gasteiger partial charge in [-0.25, -0.2) is 4.98 Å². The average molecular weight is 249 g/mol. The quantitative estimate of drug-likeness (QED) is 0.888. The summed E-state index contributed by atoms with van der Waals surface area (Å²) in [6, 6.07) is 0. The zero-order chi connectivity index (χ0) is 12.4. The molecule has 1 atom stereocenters. The number of hydrogen-bond donors (Lipinski definition) is 1. The standard InChI is InChI=1S/C14H23N3O/c1-15-8-12-9-17(11-16-12)10-13-4-7-14(18-13)5-2-3-6-14/h9,11,13,15H,2-8,10H2,1H3. The lowest BCUT2D eigenvalue weighted by atomic mass is 9.98. The molecule has 2 aliphatic rings. The molecule has 1 saturated heterocycles. The molecular formula is C14H23N3O. The maximum absolute atomic E-state index is 6.32. The minimum atomic E-state index is 0.249. The van der Waals surface area contributed by atoms with Crippen molar-refractivity contribution in [1.29, 1.82) is 0 Å². The largest absolute Gasteiger partial charge is 0.370 e. The maximum atomic E-state index is 6.32. The molecule has 1 saturated carbocycles. The van der Waals surface area contributed by atoms with Crippen LogP contribution in [0.5, 0.6) is 0 Å². The van der Waals surface area contributed by atoms with Crippen molar-refractivity contribution >= 4 is 0 Å². The van der Waals surface area contributed by atoms with Gasteiger partial charge in [0.05, 0.1) is 23.7 Å². The lowest BCUT2D eigenvalue weighted by molar-refractivity contribution is -0.0418. The van der Waals surface area contributed by atoms with E-state index in [1.807, 2.05) is 13.4 Å². The first-order chi connectivity index (χ1) is 8.80. The molecule has 0 bridgehead atoms. The van der Waals surface area contributed by atoms with E-state index >= 15 is 0 Å². The number of rotatable bonds is 4. The van der Waals surface area contributed by atoms with Gasteiger partial charge in [-0.2, -0.15) is 0 Å². The van der Waals surface area contributed by atoms with Crippen molar-refractivity contribution < 1.29 is 4.74 Å². The first-order valence-corrected chi connectivity index (χ1v) is 7.13. The van der Waals surface area contributed by atoms with Crippen molar-refractivity contribution in [3.8, 4) is 0 Å². The Labute approximate surface area is 109 Å². The van der Waals surface area contributed by atoms with E-state index in [4.69, 9.17) is 4.74 Å². The molecule has 1 N–H and O–H groups in total. The van der Waals surface area contributed by atoms with Crippen molar-refractivity contribution in [2.75, 3.05) is 7.05 Å². The monoisotopic (exact) mass is 249 g/mol. The van der Waals surface area contributed by atoms with E-state index < -0.39 is 0 Å². The Balaban J connectivity index is 1.56. The van der Waals surface area contributed by atoms with Gasteiger partial charge in [0, 0.05) is 19.3 Å². The predicted molar refractivity (Wildman–Crippen MR) is 70.3 cm³/mol. The summed E-state index contributed by atoms with van der Waals surface area (Å²) in [6.45, 7) is 1.79. The van der Waals surface area contributed by atoms with Gasteiger partial charge in [-0.15, -0.1) is 0 Å². The van der Waals surface area contributed by atoms with E-state index in [0.717, 1.165) is 18.8 Å². The van der Waals surface area contributed by atoms with Gasteiger partial charge in [0.1, 0.15) is 0 Å². The molecule has 0 radical (unpaired) electrons. The number of nitrogens with zero attached hydrogens (tertiary/aromatic N) is 2. The molecule has 18 heavy (non-hydrogen) atoms. The molecule has 4 nitrogen and oxygen atoms in total. The molecule has 1 aliphatic heterocycles. The summed E-state index contributed by atoms with van der Waals surface area (Å²) in [4.78, 5) is 4.38. The average Bonchev–Trinajstić information content (AvgIpc) is 3.06. The Morgan fingerprint density at radius 3 is 3.06 bits per heavy atom. The highest BCUT2D eigenvalue weighted by molar-refractivity contribution is 4.98. The highest BCUT2D eigenvalue weighted by Gasteiger charge is 2.42. The Bertz CT molecular complexity index is 395. The summed E-state index contributed by atoms with van der Waals surface area (Å²) in [5.41, 5.74) is 1.35. The van der Waals surface area contributed by atoms with Crippen LogP contribution in [-0.2, 0) is 17.8 Å². The third kappa shape index (κ3) is 2.45. The summed E-state index contributed by atoms with van der Waals surface area (Å²) >= 11 is 0. The number of imidazole rings is 1. The zero-order valence-corrected chi connectivity index (χ0v) is 11.2. The molecule has 1 unspecified atom stereocenters. The van der Waals surface area contributed by atoms with E-state index in [2.05, 4.69) is 21.1 Å². The van der Waals surface area contributed by atoms with Crippen molar-refractivity contribution in [3.05, 3.63) is 18.2 Å². The molecular weight excluding hydrogens is 226 g/mol. The highest BCUT2D eigenvalue weighted by Crippen LogP contribution is 2.43. The molecule has 1 aromatic rings.